The van der Waals surface area contributed by atoms with E-state index in [9.17, 15) is 4.79 Å². The molecule has 0 spiro atoms. The first-order chi connectivity index (χ1) is 14.5. The first kappa shape index (κ1) is 21.8. The predicted octanol–water partition coefficient (Wildman–Crippen LogP) is 4.52. The van der Waals surface area contributed by atoms with Crippen LogP contribution < -0.4 is 4.74 Å². The smallest absolute Gasteiger partial charge is 0.254 e. The van der Waals surface area contributed by atoms with E-state index < -0.39 is 0 Å². The molecule has 1 heterocycles. The molecule has 6 heteroatoms. The van der Waals surface area contributed by atoms with Crippen LogP contribution in [0.15, 0.2) is 72.9 Å². The van der Waals surface area contributed by atoms with Crippen molar-refractivity contribution in [3.05, 3.63) is 94.8 Å². The number of hydrogen-bond acceptors (Lipinski definition) is 4. The molecule has 30 heavy (non-hydrogen) atoms. The van der Waals surface area contributed by atoms with Crippen molar-refractivity contribution in [2.45, 2.75) is 13.1 Å². The van der Waals surface area contributed by atoms with Crippen molar-refractivity contribution in [3.8, 4) is 5.75 Å². The van der Waals surface area contributed by atoms with E-state index in [1.165, 1.54) is 0 Å². The SMILES string of the molecule is CN(C)CCOc1cccc(CN(Cc2ccccn2)C(=O)c2cccc(Cl)c2)c1. The number of benzene rings is 2. The molecule has 3 rings (SSSR count). The van der Waals surface area contributed by atoms with E-state index in [1.807, 2.05) is 56.6 Å². The maximum absolute atomic E-state index is 13.2. The normalized spacial score (nSPS) is 10.8. The van der Waals surface area contributed by atoms with Gasteiger partial charge in [-0.15, -0.1) is 0 Å². The Balaban J connectivity index is 1.79. The molecule has 0 aliphatic rings. The van der Waals surface area contributed by atoms with Gasteiger partial charge in [0.2, 0.25) is 0 Å². The Labute approximate surface area is 182 Å². The molecule has 0 aliphatic carbocycles. The van der Waals surface area contributed by atoms with Gasteiger partial charge in [0.05, 0.1) is 12.2 Å². The van der Waals surface area contributed by atoms with Crippen LogP contribution in [0.1, 0.15) is 21.6 Å². The second kappa shape index (κ2) is 10.8. The summed E-state index contributed by atoms with van der Waals surface area (Å²) >= 11 is 6.10. The zero-order chi connectivity index (χ0) is 21.3. The third-order valence-electron chi connectivity index (χ3n) is 4.52. The van der Waals surface area contributed by atoms with Crippen molar-refractivity contribution in [1.82, 2.24) is 14.8 Å². The maximum atomic E-state index is 13.2. The van der Waals surface area contributed by atoms with Crippen LogP contribution in [-0.2, 0) is 13.1 Å². The first-order valence-electron chi connectivity index (χ1n) is 9.82. The molecular weight excluding hydrogens is 398 g/mol. The number of aromatic nitrogens is 1. The van der Waals surface area contributed by atoms with E-state index in [0.717, 1.165) is 23.6 Å². The number of carbonyl (C=O) groups is 1. The summed E-state index contributed by atoms with van der Waals surface area (Å²) < 4.78 is 5.84. The lowest BCUT2D eigenvalue weighted by molar-refractivity contribution is 0.0727. The standard InChI is InChI=1S/C24H26ClN3O2/c1-27(2)13-14-30-23-11-5-7-19(15-23)17-28(18-22-10-3-4-12-26-22)24(29)20-8-6-9-21(25)16-20/h3-12,15-16H,13-14,17-18H2,1-2H3. The molecule has 0 fully saturated rings. The average Bonchev–Trinajstić information content (AvgIpc) is 2.73. The molecule has 0 radical (unpaired) electrons. The molecule has 0 N–H and O–H groups in total. The fourth-order valence-corrected chi connectivity index (χ4v) is 3.18. The van der Waals surface area contributed by atoms with E-state index >= 15 is 0 Å². The number of amides is 1. The Morgan fingerprint density at radius 3 is 2.57 bits per heavy atom. The Kier molecular flexibility index (Phi) is 7.82. The van der Waals surface area contributed by atoms with Gasteiger partial charge in [-0.25, -0.2) is 0 Å². The van der Waals surface area contributed by atoms with Crippen molar-refractivity contribution in [2.75, 3.05) is 27.2 Å². The second-order valence-corrected chi connectivity index (χ2v) is 7.73. The molecule has 5 nitrogen and oxygen atoms in total. The largest absolute Gasteiger partial charge is 0.492 e. The van der Waals surface area contributed by atoms with E-state index in [1.54, 1.807) is 35.4 Å². The summed E-state index contributed by atoms with van der Waals surface area (Å²) in [5.41, 5.74) is 2.37. The minimum absolute atomic E-state index is 0.0953. The third kappa shape index (κ3) is 6.58. The quantitative estimate of drug-likeness (QED) is 0.507. The summed E-state index contributed by atoms with van der Waals surface area (Å²) in [5.74, 6) is 0.699. The Hall–Kier alpha value is -2.89. The number of carbonyl (C=O) groups excluding carboxylic acids is 1. The van der Waals surface area contributed by atoms with Crippen LogP contribution in [0, 0.1) is 0 Å². The summed E-state index contributed by atoms with van der Waals surface area (Å²) in [7, 11) is 4.02. The Bertz CT molecular complexity index is 963. The molecule has 0 atom stereocenters. The molecule has 1 aromatic heterocycles. The lowest BCUT2D eigenvalue weighted by Gasteiger charge is -2.23. The van der Waals surface area contributed by atoms with Gasteiger partial charge in [0.15, 0.2) is 0 Å². The fourth-order valence-electron chi connectivity index (χ4n) is 2.99. The zero-order valence-electron chi connectivity index (χ0n) is 17.3. The van der Waals surface area contributed by atoms with Gasteiger partial charge in [-0.2, -0.15) is 0 Å². The third-order valence-corrected chi connectivity index (χ3v) is 4.75. The highest BCUT2D eigenvalue weighted by Gasteiger charge is 2.18. The van der Waals surface area contributed by atoms with E-state index in [0.29, 0.717) is 30.3 Å². The first-order valence-corrected chi connectivity index (χ1v) is 10.2. The minimum Gasteiger partial charge on any atom is -0.492 e. The van der Waals surface area contributed by atoms with Crippen molar-refractivity contribution in [3.63, 3.8) is 0 Å². The second-order valence-electron chi connectivity index (χ2n) is 7.29. The van der Waals surface area contributed by atoms with Crippen molar-refractivity contribution >= 4 is 17.5 Å². The lowest BCUT2D eigenvalue weighted by Crippen LogP contribution is -2.30. The zero-order valence-corrected chi connectivity index (χ0v) is 18.0. The summed E-state index contributed by atoms with van der Waals surface area (Å²) in [4.78, 5) is 21.5. The van der Waals surface area contributed by atoms with Gasteiger partial charge in [0, 0.05) is 29.9 Å². The van der Waals surface area contributed by atoms with Gasteiger partial charge >= 0.3 is 0 Å². The Morgan fingerprint density at radius 2 is 1.83 bits per heavy atom. The van der Waals surface area contributed by atoms with Crippen LogP contribution in [0.2, 0.25) is 5.02 Å². The minimum atomic E-state index is -0.0953. The van der Waals surface area contributed by atoms with Crippen LogP contribution in [0.25, 0.3) is 0 Å². The predicted molar refractivity (Wildman–Crippen MR) is 120 cm³/mol. The van der Waals surface area contributed by atoms with E-state index in [-0.39, 0.29) is 5.91 Å². The lowest BCUT2D eigenvalue weighted by atomic mass is 10.1. The number of rotatable bonds is 9. The highest BCUT2D eigenvalue weighted by Crippen LogP contribution is 2.19. The number of hydrogen-bond donors (Lipinski definition) is 0. The molecule has 0 unspecified atom stereocenters. The molecule has 1 amide bonds. The molecule has 156 valence electrons. The summed E-state index contributed by atoms with van der Waals surface area (Å²) in [5, 5.41) is 0.537. The average molecular weight is 424 g/mol. The number of likely N-dealkylation sites (N-methyl/N-ethyl adjacent to an activating group) is 1. The highest BCUT2D eigenvalue weighted by molar-refractivity contribution is 6.30. The highest BCUT2D eigenvalue weighted by atomic mass is 35.5. The van der Waals surface area contributed by atoms with Gasteiger partial charge in [-0.1, -0.05) is 35.9 Å². The summed E-state index contributed by atoms with van der Waals surface area (Å²) in [6.45, 7) is 2.28. The van der Waals surface area contributed by atoms with Gasteiger partial charge in [0.25, 0.3) is 5.91 Å². The van der Waals surface area contributed by atoms with Crippen LogP contribution in [0.5, 0.6) is 5.75 Å². The van der Waals surface area contributed by atoms with Crippen LogP contribution >= 0.6 is 11.6 Å². The summed E-state index contributed by atoms with van der Waals surface area (Å²) in [6.07, 6.45) is 1.73. The van der Waals surface area contributed by atoms with Gasteiger partial charge in [-0.05, 0) is 62.1 Å². The molecule has 2 aromatic carbocycles. The number of nitrogens with zero attached hydrogens (tertiary/aromatic N) is 3. The number of ether oxygens (including phenoxy) is 1. The van der Waals surface area contributed by atoms with Gasteiger partial charge in [-0.3, -0.25) is 9.78 Å². The molecular formula is C24H26ClN3O2. The van der Waals surface area contributed by atoms with Crippen LogP contribution in [0.3, 0.4) is 0 Å². The van der Waals surface area contributed by atoms with Crippen molar-refractivity contribution in [1.29, 1.82) is 0 Å². The number of pyridine rings is 1. The number of halogens is 1. The van der Waals surface area contributed by atoms with Crippen LogP contribution in [-0.4, -0.2) is 47.9 Å². The van der Waals surface area contributed by atoms with Gasteiger partial charge < -0.3 is 14.5 Å². The molecule has 0 bridgehead atoms. The van der Waals surface area contributed by atoms with E-state index in [4.69, 9.17) is 16.3 Å². The maximum Gasteiger partial charge on any atom is 0.254 e. The molecule has 0 saturated heterocycles. The van der Waals surface area contributed by atoms with Gasteiger partial charge in [0.1, 0.15) is 12.4 Å². The summed E-state index contributed by atoms with van der Waals surface area (Å²) in [6, 6.07) is 20.6. The topological polar surface area (TPSA) is 45.7 Å². The molecule has 0 saturated carbocycles. The molecule has 0 aliphatic heterocycles. The van der Waals surface area contributed by atoms with E-state index in [2.05, 4.69) is 9.88 Å². The van der Waals surface area contributed by atoms with Crippen LogP contribution in [0.4, 0.5) is 0 Å². The Morgan fingerprint density at radius 1 is 1.00 bits per heavy atom. The monoisotopic (exact) mass is 423 g/mol. The van der Waals surface area contributed by atoms with Crippen molar-refractivity contribution < 1.29 is 9.53 Å². The molecule has 3 aromatic rings. The van der Waals surface area contributed by atoms with Crippen molar-refractivity contribution in [2.24, 2.45) is 0 Å². The fraction of sp³-hybridized carbons (Fsp3) is 0.250.